The molecule has 4 N–H and O–H groups in total. The molecule has 0 aliphatic carbocycles. The van der Waals surface area contributed by atoms with Crippen LogP contribution >= 0.6 is 11.3 Å². The Labute approximate surface area is 172 Å². The highest BCUT2D eigenvalue weighted by atomic mass is 32.1. The lowest BCUT2D eigenvalue weighted by Crippen LogP contribution is -2.47. The van der Waals surface area contributed by atoms with Crippen LogP contribution in [0.25, 0.3) is 11.3 Å². The molecule has 2 aromatic rings. The molecule has 4 heterocycles. The number of primary amides is 1. The molecule has 0 radical (unpaired) electrons. The molecule has 4 rings (SSSR count). The first-order valence-corrected chi connectivity index (χ1v) is 10.7. The van der Waals surface area contributed by atoms with Gasteiger partial charge < -0.3 is 25.8 Å². The number of carbonyl (C=O) groups is 3. The number of thiazole rings is 1. The number of piperidine rings is 1. The van der Waals surface area contributed by atoms with E-state index in [1.54, 1.807) is 12.3 Å². The van der Waals surface area contributed by atoms with Gasteiger partial charge in [0.2, 0.25) is 5.91 Å². The standard InChI is InChI=1S/C19H24N6O3S/c20-16(26)14-9-13(10-21-14)15-11-29-18(22-15)23-17(27)12-3-7-25(8-4-12)19(28)24-5-1-2-6-24/h9-12,21H,1-8H2,(H2,20,26)(H,22,23,27). The number of anilines is 1. The van der Waals surface area contributed by atoms with Crippen LogP contribution in [-0.2, 0) is 4.79 Å². The van der Waals surface area contributed by atoms with E-state index in [1.807, 2.05) is 15.2 Å². The zero-order valence-corrected chi connectivity index (χ0v) is 16.8. The van der Waals surface area contributed by atoms with Gasteiger partial charge in [0.1, 0.15) is 5.69 Å². The van der Waals surface area contributed by atoms with Crippen molar-refractivity contribution < 1.29 is 14.4 Å². The molecule has 0 aromatic carbocycles. The first-order chi connectivity index (χ1) is 14.0. The van der Waals surface area contributed by atoms with Crippen LogP contribution < -0.4 is 11.1 Å². The van der Waals surface area contributed by atoms with Gasteiger partial charge in [0, 0.05) is 49.2 Å². The van der Waals surface area contributed by atoms with Crippen LogP contribution in [0.2, 0.25) is 0 Å². The molecular formula is C19H24N6O3S. The number of nitrogens with zero attached hydrogens (tertiary/aromatic N) is 3. The van der Waals surface area contributed by atoms with Gasteiger partial charge in [-0.05, 0) is 31.7 Å². The molecule has 2 aliphatic rings. The smallest absolute Gasteiger partial charge is 0.319 e. The lowest BCUT2D eigenvalue weighted by Gasteiger charge is -2.33. The molecule has 0 spiro atoms. The Bertz CT molecular complexity index is 909. The van der Waals surface area contributed by atoms with Crippen molar-refractivity contribution in [3.63, 3.8) is 0 Å². The summed E-state index contributed by atoms with van der Waals surface area (Å²) in [5.74, 6) is -0.723. The van der Waals surface area contributed by atoms with Crippen molar-refractivity contribution in [2.75, 3.05) is 31.5 Å². The summed E-state index contributed by atoms with van der Waals surface area (Å²) in [5, 5.41) is 5.22. The molecule has 0 unspecified atom stereocenters. The van der Waals surface area contributed by atoms with E-state index in [0.717, 1.165) is 31.5 Å². The number of aromatic amines is 1. The van der Waals surface area contributed by atoms with E-state index >= 15 is 0 Å². The molecule has 0 atom stereocenters. The zero-order chi connectivity index (χ0) is 20.4. The van der Waals surface area contributed by atoms with Gasteiger partial charge in [0.15, 0.2) is 5.13 Å². The zero-order valence-electron chi connectivity index (χ0n) is 16.0. The number of hydrogen-bond donors (Lipinski definition) is 3. The van der Waals surface area contributed by atoms with Gasteiger partial charge in [-0.3, -0.25) is 9.59 Å². The molecule has 2 saturated heterocycles. The van der Waals surface area contributed by atoms with Crippen LogP contribution in [0, 0.1) is 5.92 Å². The second-order valence-corrected chi connectivity index (χ2v) is 8.29. The first-order valence-electron chi connectivity index (χ1n) is 9.80. The Morgan fingerprint density at radius 2 is 1.83 bits per heavy atom. The molecule has 29 heavy (non-hydrogen) atoms. The quantitative estimate of drug-likeness (QED) is 0.706. The van der Waals surface area contributed by atoms with Gasteiger partial charge in [-0.1, -0.05) is 0 Å². The molecule has 2 aromatic heterocycles. The Morgan fingerprint density at radius 1 is 1.14 bits per heavy atom. The average Bonchev–Trinajstić information content (AvgIpc) is 3.48. The first kappa shape index (κ1) is 19.4. The van der Waals surface area contributed by atoms with Crippen molar-refractivity contribution in [3.8, 4) is 11.3 Å². The molecule has 10 heteroatoms. The van der Waals surface area contributed by atoms with Crippen LogP contribution in [0.4, 0.5) is 9.93 Å². The third kappa shape index (κ3) is 4.26. The van der Waals surface area contributed by atoms with Crippen LogP contribution in [0.1, 0.15) is 36.2 Å². The molecule has 0 bridgehead atoms. The number of hydrogen-bond acceptors (Lipinski definition) is 5. The highest BCUT2D eigenvalue weighted by Gasteiger charge is 2.30. The minimum Gasteiger partial charge on any atom is -0.364 e. The van der Waals surface area contributed by atoms with E-state index in [1.165, 1.54) is 11.3 Å². The topological polar surface area (TPSA) is 124 Å². The molecule has 9 nitrogen and oxygen atoms in total. The van der Waals surface area contributed by atoms with E-state index in [-0.39, 0.29) is 17.9 Å². The predicted octanol–water partition coefficient (Wildman–Crippen LogP) is 2.10. The lowest BCUT2D eigenvalue weighted by atomic mass is 9.96. The highest BCUT2D eigenvalue weighted by molar-refractivity contribution is 7.14. The molecular weight excluding hydrogens is 392 g/mol. The molecule has 0 saturated carbocycles. The van der Waals surface area contributed by atoms with Gasteiger partial charge in [0.25, 0.3) is 5.91 Å². The van der Waals surface area contributed by atoms with E-state index in [4.69, 9.17) is 5.73 Å². The van der Waals surface area contributed by atoms with Crippen molar-refractivity contribution in [3.05, 3.63) is 23.3 Å². The fourth-order valence-corrected chi connectivity index (χ4v) is 4.52. The highest BCUT2D eigenvalue weighted by Crippen LogP contribution is 2.27. The van der Waals surface area contributed by atoms with Crippen molar-refractivity contribution in [2.24, 2.45) is 11.7 Å². The summed E-state index contributed by atoms with van der Waals surface area (Å²) in [6.45, 7) is 2.90. The van der Waals surface area contributed by atoms with Crippen molar-refractivity contribution in [1.82, 2.24) is 19.8 Å². The fraction of sp³-hybridized carbons (Fsp3) is 0.474. The second-order valence-electron chi connectivity index (χ2n) is 7.43. The summed E-state index contributed by atoms with van der Waals surface area (Å²) in [6.07, 6.45) is 5.13. The summed E-state index contributed by atoms with van der Waals surface area (Å²) < 4.78 is 0. The maximum atomic E-state index is 12.6. The number of nitrogens with one attached hydrogen (secondary N) is 2. The van der Waals surface area contributed by atoms with E-state index in [0.29, 0.717) is 42.5 Å². The summed E-state index contributed by atoms with van der Waals surface area (Å²) in [5.41, 5.74) is 6.97. The van der Waals surface area contributed by atoms with Crippen LogP contribution in [-0.4, -0.2) is 63.8 Å². The van der Waals surface area contributed by atoms with Gasteiger partial charge in [-0.15, -0.1) is 11.3 Å². The van der Waals surface area contributed by atoms with Crippen LogP contribution in [0.5, 0.6) is 0 Å². The number of nitrogens with two attached hydrogens (primary N) is 1. The van der Waals surface area contributed by atoms with Crippen molar-refractivity contribution in [2.45, 2.75) is 25.7 Å². The van der Waals surface area contributed by atoms with Gasteiger partial charge in [-0.25, -0.2) is 9.78 Å². The minimum atomic E-state index is -0.533. The van der Waals surface area contributed by atoms with Gasteiger partial charge >= 0.3 is 6.03 Å². The number of likely N-dealkylation sites (tertiary alicyclic amines) is 2. The summed E-state index contributed by atoms with van der Waals surface area (Å²) >= 11 is 1.33. The van der Waals surface area contributed by atoms with Crippen LogP contribution in [0.3, 0.4) is 0 Å². The van der Waals surface area contributed by atoms with E-state index in [9.17, 15) is 14.4 Å². The van der Waals surface area contributed by atoms with E-state index < -0.39 is 5.91 Å². The third-order valence-electron chi connectivity index (χ3n) is 5.49. The normalized spacial score (nSPS) is 17.5. The summed E-state index contributed by atoms with van der Waals surface area (Å²) in [7, 11) is 0. The Hall–Kier alpha value is -2.88. The Kier molecular flexibility index (Phi) is 5.52. The summed E-state index contributed by atoms with van der Waals surface area (Å²) in [4.78, 5) is 47.3. The van der Waals surface area contributed by atoms with E-state index in [2.05, 4.69) is 15.3 Å². The molecule has 154 valence electrons. The van der Waals surface area contributed by atoms with Crippen molar-refractivity contribution in [1.29, 1.82) is 0 Å². The number of carbonyl (C=O) groups excluding carboxylic acids is 3. The molecule has 2 fully saturated rings. The Balaban J connectivity index is 1.30. The number of H-pyrrole nitrogens is 1. The van der Waals surface area contributed by atoms with Crippen molar-refractivity contribution >= 4 is 34.3 Å². The number of rotatable bonds is 4. The maximum absolute atomic E-state index is 12.6. The fourth-order valence-electron chi connectivity index (χ4n) is 3.80. The van der Waals surface area contributed by atoms with Crippen LogP contribution in [0.15, 0.2) is 17.6 Å². The maximum Gasteiger partial charge on any atom is 0.319 e. The minimum absolute atomic E-state index is 0.0638. The average molecular weight is 417 g/mol. The predicted molar refractivity (Wildman–Crippen MR) is 110 cm³/mol. The SMILES string of the molecule is NC(=O)c1cc(-c2csc(NC(=O)C3CCN(C(=O)N4CCCC4)CC3)n2)c[nH]1. The lowest BCUT2D eigenvalue weighted by molar-refractivity contribution is -0.121. The molecule has 2 aliphatic heterocycles. The summed E-state index contributed by atoms with van der Waals surface area (Å²) in [6, 6.07) is 1.74. The van der Waals surface area contributed by atoms with Gasteiger partial charge in [-0.2, -0.15) is 0 Å². The number of amides is 4. The Morgan fingerprint density at radius 3 is 2.48 bits per heavy atom. The third-order valence-corrected chi connectivity index (χ3v) is 6.25. The largest absolute Gasteiger partial charge is 0.364 e. The van der Waals surface area contributed by atoms with Gasteiger partial charge in [0.05, 0.1) is 5.69 Å². The number of urea groups is 1. The monoisotopic (exact) mass is 416 g/mol. The number of aromatic nitrogens is 2. The second kappa shape index (κ2) is 8.24. The molecule has 4 amide bonds.